The monoisotopic (exact) mass is 253 g/mol. The molecule has 19 heavy (non-hydrogen) atoms. The summed E-state index contributed by atoms with van der Waals surface area (Å²) in [5, 5.41) is 0. The van der Waals surface area contributed by atoms with E-state index in [0.717, 1.165) is 12.8 Å². The van der Waals surface area contributed by atoms with E-state index >= 15 is 0 Å². The molecule has 0 spiro atoms. The molecule has 0 radical (unpaired) electrons. The van der Waals surface area contributed by atoms with Crippen molar-refractivity contribution in [2.24, 2.45) is 23.7 Å². The zero-order chi connectivity index (χ0) is 13.0. The number of nitrogens with zero attached hydrogens (tertiary/aromatic N) is 1. The minimum Gasteiger partial charge on any atom is -0.274 e. The molecule has 1 aromatic carbocycles. The molecule has 2 amide bonds. The van der Waals surface area contributed by atoms with E-state index in [1.54, 1.807) is 0 Å². The van der Waals surface area contributed by atoms with Gasteiger partial charge in [-0.15, -0.1) is 0 Å². The highest BCUT2D eigenvalue weighted by molar-refractivity contribution is 6.22. The lowest BCUT2D eigenvalue weighted by Gasteiger charge is -2.38. The molecule has 3 heteroatoms. The summed E-state index contributed by atoms with van der Waals surface area (Å²) in [6.45, 7) is 0. The Bertz CT molecular complexity index is 546. The van der Waals surface area contributed by atoms with Crippen LogP contribution in [0.3, 0.4) is 0 Å². The Morgan fingerprint density at radius 3 is 1.84 bits per heavy atom. The second kappa shape index (κ2) is 3.80. The van der Waals surface area contributed by atoms with E-state index in [1.807, 2.05) is 30.3 Å². The van der Waals surface area contributed by atoms with Crippen molar-refractivity contribution in [3.05, 3.63) is 42.5 Å². The molecule has 3 aliphatic carbocycles. The van der Waals surface area contributed by atoms with E-state index in [1.165, 1.54) is 4.90 Å². The number of imide groups is 1. The molecule has 0 N–H and O–H groups in total. The van der Waals surface area contributed by atoms with Crippen LogP contribution in [-0.4, -0.2) is 11.8 Å². The average Bonchev–Trinajstić information content (AvgIpc) is 2.75. The lowest BCUT2D eigenvalue weighted by Crippen LogP contribution is -2.38. The first-order valence-electron chi connectivity index (χ1n) is 6.88. The molecule has 1 saturated heterocycles. The van der Waals surface area contributed by atoms with E-state index in [-0.39, 0.29) is 35.5 Å². The van der Waals surface area contributed by atoms with Gasteiger partial charge in [-0.05, 0) is 36.8 Å². The topological polar surface area (TPSA) is 37.4 Å². The van der Waals surface area contributed by atoms with Crippen molar-refractivity contribution in [2.45, 2.75) is 12.8 Å². The van der Waals surface area contributed by atoms with Gasteiger partial charge in [0, 0.05) is 0 Å². The summed E-state index contributed by atoms with van der Waals surface area (Å²) in [5.41, 5.74) is 0.714. The van der Waals surface area contributed by atoms with Gasteiger partial charge in [-0.2, -0.15) is 0 Å². The molecule has 0 unspecified atom stereocenters. The van der Waals surface area contributed by atoms with Crippen molar-refractivity contribution in [3.8, 4) is 0 Å². The second-order valence-electron chi connectivity index (χ2n) is 5.69. The Kier molecular flexibility index (Phi) is 2.19. The van der Waals surface area contributed by atoms with Crippen LogP contribution >= 0.6 is 0 Å². The Morgan fingerprint density at radius 2 is 1.37 bits per heavy atom. The molecule has 0 aromatic heterocycles. The lowest BCUT2D eigenvalue weighted by atomic mass is 9.63. The molecule has 1 aromatic rings. The Labute approximate surface area is 111 Å². The number of rotatable bonds is 1. The zero-order valence-electron chi connectivity index (χ0n) is 10.5. The Morgan fingerprint density at radius 1 is 0.842 bits per heavy atom. The second-order valence-corrected chi connectivity index (χ2v) is 5.69. The summed E-state index contributed by atoms with van der Waals surface area (Å²) in [6.07, 6.45) is 6.39. The molecule has 2 fully saturated rings. The molecule has 1 saturated carbocycles. The van der Waals surface area contributed by atoms with Gasteiger partial charge >= 0.3 is 0 Å². The molecule has 1 heterocycles. The number of amides is 2. The number of hydrogen-bond acceptors (Lipinski definition) is 2. The first-order valence-corrected chi connectivity index (χ1v) is 6.88. The molecular weight excluding hydrogens is 238 g/mol. The summed E-state index contributed by atoms with van der Waals surface area (Å²) in [5.74, 6) is 0.300. The van der Waals surface area contributed by atoms with Crippen molar-refractivity contribution in [3.63, 3.8) is 0 Å². The molecule has 4 atom stereocenters. The Hall–Kier alpha value is -1.90. The normalized spacial score (nSPS) is 35.9. The standard InChI is InChI=1S/C16H15NO2/c18-15-13-10-6-7-11(9-8-10)14(13)16(19)17(15)12-4-2-1-3-5-12/h1-7,10-11,13-14H,8-9H2/t10-,11-,13-,14+/m0/s1. The van der Waals surface area contributed by atoms with Crippen LogP contribution in [0.25, 0.3) is 0 Å². The maximum absolute atomic E-state index is 12.6. The van der Waals surface area contributed by atoms with Crippen LogP contribution in [-0.2, 0) is 9.59 Å². The van der Waals surface area contributed by atoms with Crippen LogP contribution < -0.4 is 4.90 Å². The number of fused-ring (bicyclic) bond motifs is 1. The maximum Gasteiger partial charge on any atom is 0.238 e. The summed E-state index contributed by atoms with van der Waals surface area (Å²) < 4.78 is 0. The quantitative estimate of drug-likeness (QED) is 0.569. The van der Waals surface area contributed by atoms with Crippen molar-refractivity contribution in [1.82, 2.24) is 0 Å². The fourth-order valence-electron chi connectivity index (χ4n) is 3.91. The van der Waals surface area contributed by atoms with Crippen molar-refractivity contribution in [2.75, 3.05) is 4.90 Å². The smallest absolute Gasteiger partial charge is 0.238 e. The largest absolute Gasteiger partial charge is 0.274 e. The van der Waals surface area contributed by atoms with Crippen LogP contribution in [0.15, 0.2) is 42.5 Å². The van der Waals surface area contributed by atoms with Crippen molar-refractivity contribution < 1.29 is 9.59 Å². The van der Waals surface area contributed by atoms with E-state index in [4.69, 9.17) is 0 Å². The van der Waals surface area contributed by atoms with Crippen LogP contribution in [0.4, 0.5) is 5.69 Å². The van der Waals surface area contributed by atoms with E-state index in [0.29, 0.717) is 5.69 Å². The SMILES string of the molecule is O=C1[C@@H]2[C@H](C(=O)N1c1ccccc1)[C@H]1C=C[C@H]2CC1. The summed E-state index contributed by atoms with van der Waals surface area (Å²) >= 11 is 0. The van der Waals surface area contributed by atoms with E-state index < -0.39 is 0 Å². The number of carbonyl (C=O) groups is 2. The highest BCUT2D eigenvalue weighted by Crippen LogP contribution is 2.50. The first kappa shape index (κ1) is 11.0. The third kappa shape index (κ3) is 1.38. The Balaban J connectivity index is 1.78. The van der Waals surface area contributed by atoms with Crippen LogP contribution in [0.2, 0.25) is 0 Å². The number of benzene rings is 1. The van der Waals surface area contributed by atoms with Gasteiger partial charge in [-0.3, -0.25) is 14.5 Å². The van der Waals surface area contributed by atoms with E-state index in [2.05, 4.69) is 12.2 Å². The summed E-state index contributed by atoms with van der Waals surface area (Å²) in [6, 6.07) is 9.30. The molecule has 2 bridgehead atoms. The number of hydrogen-bond donors (Lipinski definition) is 0. The van der Waals surface area contributed by atoms with Crippen LogP contribution in [0.1, 0.15) is 12.8 Å². The molecule has 3 nitrogen and oxygen atoms in total. The van der Waals surface area contributed by atoms with Gasteiger partial charge < -0.3 is 0 Å². The fourth-order valence-corrected chi connectivity index (χ4v) is 3.91. The van der Waals surface area contributed by atoms with Gasteiger partial charge in [0.05, 0.1) is 17.5 Å². The zero-order valence-corrected chi connectivity index (χ0v) is 10.5. The molecule has 5 rings (SSSR count). The van der Waals surface area contributed by atoms with Gasteiger partial charge in [-0.1, -0.05) is 30.4 Å². The van der Waals surface area contributed by atoms with Crippen LogP contribution in [0.5, 0.6) is 0 Å². The molecule has 4 aliphatic rings. The first-order chi connectivity index (χ1) is 9.27. The van der Waals surface area contributed by atoms with E-state index in [9.17, 15) is 9.59 Å². The van der Waals surface area contributed by atoms with Gasteiger partial charge in [0.1, 0.15) is 0 Å². The van der Waals surface area contributed by atoms with Crippen molar-refractivity contribution in [1.29, 1.82) is 0 Å². The highest BCUT2D eigenvalue weighted by Gasteiger charge is 2.56. The summed E-state index contributed by atoms with van der Waals surface area (Å²) in [7, 11) is 0. The molecule has 1 aliphatic heterocycles. The average molecular weight is 253 g/mol. The van der Waals surface area contributed by atoms with Gasteiger partial charge in [0.15, 0.2) is 0 Å². The van der Waals surface area contributed by atoms with Crippen LogP contribution in [0, 0.1) is 23.7 Å². The van der Waals surface area contributed by atoms with Gasteiger partial charge in [0.2, 0.25) is 11.8 Å². The molecule has 96 valence electrons. The lowest BCUT2D eigenvalue weighted by molar-refractivity contribution is -0.124. The maximum atomic E-state index is 12.6. The fraction of sp³-hybridized carbons (Fsp3) is 0.375. The third-order valence-electron chi connectivity index (χ3n) is 4.77. The summed E-state index contributed by atoms with van der Waals surface area (Å²) in [4.78, 5) is 26.6. The number of allylic oxidation sites excluding steroid dienone is 2. The van der Waals surface area contributed by atoms with Gasteiger partial charge in [-0.25, -0.2) is 0 Å². The number of carbonyl (C=O) groups excluding carboxylic acids is 2. The minimum absolute atomic E-state index is 0.000231. The minimum atomic E-state index is -0.114. The van der Waals surface area contributed by atoms with Crippen molar-refractivity contribution >= 4 is 17.5 Å². The number of para-hydroxylation sites is 1. The predicted octanol–water partition coefficient (Wildman–Crippen LogP) is 2.39. The third-order valence-corrected chi connectivity index (χ3v) is 4.77. The highest BCUT2D eigenvalue weighted by atomic mass is 16.2. The predicted molar refractivity (Wildman–Crippen MR) is 71.3 cm³/mol. The number of anilines is 1. The van der Waals surface area contributed by atoms with Gasteiger partial charge in [0.25, 0.3) is 0 Å². The molecular formula is C16H15NO2.